The molecule has 19 heavy (non-hydrogen) atoms. The largest absolute Gasteiger partial charge is 0.375 e. The van der Waals surface area contributed by atoms with Crippen molar-refractivity contribution in [2.45, 2.75) is 45.4 Å². The van der Waals surface area contributed by atoms with Gasteiger partial charge in [-0.3, -0.25) is 4.79 Å². The fourth-order valence-corrected chi connectivity index (χ4v) is 3.09. The summed E-state index contributed by atoms with van der Waals surface area (Å²) in [6.45, 7) is 7.32. The van der Waals surface area contributed by atoms with Crippen molar-refractivity contribution in [3.05, 3.63) is 16.1 Å². The van der Waals surface area contributed by atoms with E-state index in [9.17, 15) is 4.79 Å². The number of nitrogens with zero attached hydrogens (tertiary/aromatic N) is 1. The van der Waals surface area contributed by atoms with Gasteiger partial charge >= 0.3 is 0 Å². The molecule has 2 heterocycles. The molecule has 0 saturated carbocycles. The molecule has 0 radical (unpaired) electrons. The van der Waals surface area contributed by atoms with E-state index >= 15 is 0 Å². The molecule has 1 aromatic rings. The summed E-state index contributed by atoms with van der Waals surface area (Å²) in [7, 11) is 0. The molecule has 1 amide bonds. The van der Waals surface area contributed by atoms with Gasteiger partial charge < -0.3 is 15.4 Å². The van der Waals surface area contributed by atoms with Gasteiger partial charge in [0.2, 0.25) is 5.91 Å². The fraction of sp³-hybridized carbons (Fsp3) is 0.692. The highest BCUT2D eigenvalue weighted by Gasteiger charge is 2.30. The molecule has 1 aromatic heterocycles. The number of rotatable bonds is 4. The normalized spacial score (nSPS) is 25.0. The summed E-state index contributed by atoms with van der Waals surface area (Å²) in [4.78, 5) is 16.7. The van der Waals surface area contributed by atoms with Crippen molar-refractivity contribution in [3.63, 3.8) is 0 Å². The van der Waals surface area contributed by atoms with Crippen LogP contribution < -0.4 is 10.6 Å². The van der Waals surface area contributed by atoms with E-state index in [0.717, 1.165) is 23.7 Å². The van der Waals surface area contributed by atoms with Gasteiger partial charge in [0.25, 0.3) is 0 Å². The second-order valence-corrected chi connectivity index (χ2v) is 5.69. The molecule has 1 unspecified atom stereocenters. The SMILES string of the molecule is CCC(NC(=O)[C@H]1NCCO[C@@H]1C)c1nc(C)cs1. The van der Waals surface area contributed by atoms with Gasteiger partial charge in [0.15, 0.2) is 0 Å². The molecule has 3 atom stereocenters. The Kier molecular flexibility index (Phi) is 4.90. The Bertz CT molecular complexity index is 435. The molecule has 0 spiro atoms. The molecule has 0 aromatic carbocycles. The number of aryl methyl sites for hydroxylation is 1. The Morgan fingerprint density at radius 1 is 1.74 bits per heavy atom. The molecule has 0 bridgehead atoms. The summed E-state index contributed by atoms with van der Waals surface area (Å²) in [5.74, 6) is -0.00750. The third kappa shape index (κ3) is 3.52. The molecule has 1 saturated heterocycles. The van der Waals surface area contributed by atoms with Crippen molar-refractivity contribution >= 4 is 17.2 Å². The molecular weight excluding hydrogens is 262 g/mol. The number of thiazole rings is 1. The van der Waals surface area contributed by atoms with E-state index in [0.29, 0.717) is 6.61 Å². The average molecular weight is 283 g/mol. The molecule has 1 fully saturated rings. The lowest BCUT2D eigenvalue weighted by Gasteiger charge is -2.30. The maximum absolute atomic E-state index is 12.3. The van der Waals surface area contributed by atoms with Crippen LogP contribution in [0.15, 0.2) is 5.38 Å². The summed E-state index contributed by atoms with van der Waals surface area (Å²) in [6.07, 6.45) is 0.741. The van der Waals surface area contributed by atoms with Crippen LogP contribution in [-0.2, 0) is 9.53 Å². The maximum atomic E-state index is 12.3. The summed E-state index contributed by atoms with van der Waals surface area (Å²) >= 11 is 1.59. The van der Waals surface area contributed by atoms with Crippen LogP contribution in [0.5, 0.6) is 0 Å². The third-order valence-corrected chi connectivity index (χ3v) is 4.33. The number of amides is 1. The number of morpholine rings is 1. The van der Waals surface area contributed by atoms with E-state index in [1.54, 1.807) is 11.3 Å². The van der Waals surface area contributed by atoms with Crippen LogP contribution in [0.2, 0.25) is 0 Å². The molecule has 0 aliphatic carbocycles. The van der Waals surface area contributed by atoms with Crippen LogP contribution in [0.1, 0.15) is 37.0 Å². The standard InChI is InChI=1S/C13H21N3O2S/c1-4-10(13-15-8(2)7-19-13)16-12(17)11-9(3)18-6-5-14-11/h7,9-11,14H,4-6H2,1-3H3,(H,16,17)/t9-,10?,11+/m1/s1. The van der Waals surface area contributed by atoms with E-state index < -0.39 is 0 Å². The van der Waals surface area contributed by atoms with Gasteiger partial charge in [-0.2, -0.15) is 0 Å². The third-order valence-electron chi connectivity index (χ3n) is 3.26. The van der Waals surface area contributed by atoms with E-state index in [1.807, 2.05) is 19.2 Å². The summed E-state index contributed by atoms with van der Waals surface area (Å²) in [6, 6.07) is -0.286. The molecular formula is C13H21N3O2S. The zero-order valence-corrected chi connectivity index (χ0v) is 12.4. The van der Waals surface area contributed by atoms with Crippen LogP contribution in [0.25, 0.3) is 0 Å². The lowest BCUT2D eigenvalue weighted by molar-refractivity contribution is -0.129. The molecule has 106 valence electrons. The van der Waals surface area contributed by atoms with Crippen molar-refractivity contribution in [2.75, 3.05) is 13.2 Å². The van der Waals surface area contributed by atoms with Gasteiger partial charge in [0.1, 0.15) is 11.0 Å². The fourth-order valence-electron chi connectivity index (χ4n) is 2.16. The molecule has 1 aliphatic heterocycles. The molecule has 1 aliphatic rings. The van der Waals surface area contributed by atoms with Crippen LogP contribution >= 0.6 is 11.3 Å². The van der Waals surface area contributed by atoms with E-state index in [4.69, 9.17) is 4.74 Å². The summed E-state index contributed by atoms with van der Waals surface area (Å²) < 4.78 is 5.50. The highest BCUT2D eigenvalue weighted by molar-refractivity contribution is 7.09. The monoisotopic (exact) mass is 283 g/mol. The Balaban J connectivity index is 1.99. The topological polar surface area (TPSA) is 63.2 Å². The van der Waals surface area contributed by atoms with Crippen LogP contribution in [0.3, 0.4) is 0 Å². The predicted octanol–water partition coefficient (Wildman–Crippen LogP) is 1.40. The first kappa shape index (κ1) is 14.4. The van der Waals surface area contributed by atoms with Crippen molar-refractivity contribution in [1.29, 1.82) is 0 Å². The van der Waals surface area contributed by atoms with Crippen LogP contribution in [0.4, 0.5) is 0 Å². The zero-order valence-electron chi connectivity index (χ0n) is 11.6. The maximum Gasteiger partial charge on any atom is 0.240 e. The van der Waals surface area contributed by atoms with Crippen LogP contribution in [0, 0.1) is 6.92 Å². The second-order valence-electron chi connectivity index (χ2n) is 4.80. The average Bonchev–Trinajstić information content (AvgIpc) is 2.82. The van der Waals surface area contributed by atoms with E-state index in [-0.39, 0.29) is 24.1 Å². The summed E-state index contributed by atoms with van der Waals surface area (Å²) in [5, 5.41) is 9.24. The Labute approximate surface area is 117 Å². The second kappa shape index (κ2) is 6.45. The summed E-state index contributed by atoms with van der Waals surface area (Å²) in [5.41, 5.74) is 1.00. The highest BCUT2D eigenvalue weighted by Crippen LogP contribution is 2.21. The minimum atomic E-state index is -0.274. The Morgan fingerprint density at radius 3 is 3.11 bits per heavy atom. The molecule has 2 rings (SSSR count). The van der Waals surface area contributed by atoms with Gasteiger partial charge in [-0.25, -0.2) is 4.98 Å². The van der Waals surface area contributed by atoms with Crippen molar-refractivity contribution in [1.82, 2.24) is 15.6 Å². The van der Waals surface area contributed by atoms with Crippen molar-refractivity contribution in [2.24, 2.45) is 0 Å². The van der Waals surface area contributed by atoms with Gasteiger partial charge in [0.05, 0.1) is 18.8 Å². The lowest BCUT2D eigenvalue weighted by atomic mass is 10.1. The number of ether oxygens (including phenoxy) is 1. The van der Waals surface area contributed by atoms with E-state index in [1.165, 1.54) is 0 Å². The number of hydrogen-bond donors (Lipinski definition) is 2. The molecule has 6 heteroatoms. The quantitative estimate of drug-likeness (QED) is 0.876. The van der Waals surface area contributed by atoms with Gasteiger partial charge in [-0.15, -0.1) is 11.3 Å². The molecule has 2 N–H and O–H groups in total. The number of carbonyl (C=O) groups is 1. The number of aromatic nitrogens is 1. The minimum absolute atomic E-state index is 0.00750. The Morgan fingerprint density at radius 2 is 2.53 bits per heavy atom. The van der Waals surface area contributed by atoms with Gasteiger partial charge in [-0.05, 0) is 20.3 Å². The number of carbonyl (C=O) groups excluding carboxylic acids is 1. The van der Waals surface area contributed by atoms with Gasteiger partial charge in [0, 0.05) is 17.6 Å². The van der Waals surface area contributed by atoms with E-state index in [2.05, 4.69) is 22.5 Å². The van der Waals surface area contributed by atoms with Crippen molar-refractivity contribution < 1.29 is 9.53 Å². The smallest absolute Gasteiger partial charge is 0.240 e. The minimum Gasteiger partial charge on any atom is -0.375 e. The Hall–Kier alpha value is -0.980. The van der Waals surface area contributed by atoms with Crippen LogP contribution in [-0.4, -0.2) is 36.2 Å². The number of hydrogen-bond acceptors (Lipinski definition) is 5. The highest BCUT2D eigenvalue weighted by atomic mass is 32.1. The predicted molar refractivity (Wildman–Crippen MR) is 75.2 cm³/mol. The van der Waals surface area contributed by atoms with Crippen molar-refractivity contribution in [3.8, 4) is 0 Å². The number of nitrogens with one attached hydrogen (secondary N) is 2. The lowest BCUT2D eigenvalue weighted by Crippen LogP contribution is -2.55. The molecule has 5 nitrogen and oxygen atoms in total. The van der Waals surface area contributed by atoms with Gasteiger partial charge in [-0.1, -0.05) is 6.92 Å². The first-order valence-corrected chi connectivity index (χ1v) is 7.57. The zero-order chi connectivity index (χ0) is 13.8. The first-order valence-electron chi connectivity index (χ1n) is 6.69. The first-order chi connectivity index (χ1) is 9.11.